The lowest BCUT2D eigenvalue weighted by Gasteiger charge is -2.42. The summed E-state index contributed by atoms with van der Waals surface area (Å²) in [5, 5.41) is 1.07. The van der Waals surface area contributed by atoms with E-state index < -0.39 is 0 Å². The highest BCUT2D eigenvalue weighted by molar-refractivity contribution is 7.51. The van der Waals surface area contributed by atoms with E-state index in [-0.39, 0.29) is 11.7 Å². The van der Waals surface area contributed by atoms with Gasteiger partial charge in [-0.05, 0) is 68.0 Å². The zero-order valence-electron chi connectivity index (χ0n) is 19.7. The van der Waals surface area contributed by atoms with Crippen molar-refractivity contribution in [2.75, 3.05) is 41.4 Å². The van der Waals surface area contributed by atoms with Gasteiger partial charge in [0.05, 0.1) is 25.7 Å². The number of likely N-dealkylation sites (tertiary alicyclic amines) is 1. The van der Waals surface area contributed by atoms with Crippen molar-refractivity contribution < 1.29 is 14.3 Å². The molecule has 172 valence electrons. The number of piperidine rings is 1. The second kappa shape index (κ2) is 9.68. The molecule has 0 bridgehead atoms. The summed E-state index contributed by atoms with van der Waals surface area (Å²) < 4.78 is 10.8. The van der Waals surface area contributed by atoms with E-state index in [1.807, 2.05) is 23.1 Å². The highest BCUT2D eigenvalue weighted by Gasteiger charge is 2.34. The van der Waals surface area contributed by atoms with Crippen LogP contribution in [0.3, 0.4) is 0 Å². The summed E-state index contributed by atoms with van der Waals surface area (Å²) in [6, 6.07) is 6.53. The smallest absolute Gasteiger partial charge is 0.252 e. The van der Waals surface area contributed by atoms with Crippen molar-refractivity contribution in [1.82, 2.24) is 14.7 Å². The van der Waals surface area contributed by atoms with Gasteiger partial charge in [0.25, 0.3) is 5.91 Å². The van der Waals surface area contributed by atoms with E-state index in [2.05, 4.69) is 43.1 Å². The minimum Gasteiger partial charge on any atom is -0.493 e. The first-order valence-corrected chi connectivity index (χ1v) is 12.4. The van der Waals surface area contributed by atoms with E-state index in [1.54, 1.807) is 20.3 Å². The maximum Gasteiger partial charge on any atom is 0.252 e. The van der Waals surface area contributed by atoms with Crippen molar-refractivity contribution in [2.45, 2.75) is 38.0 Å². The molecular weight excluding hydrogens is 421 g/mol. The molecule has 3 aliphatic heterocycles. The third-order valence-electron chi connectivity index (χ3n) is 6.71. The quantitative estimate of drug-likeness (QED) is 0.604. The second-order valence-electron chi connectivity index (χ2n) is 8.73. The average Bonchev–Trinajstić information content (AvgIpc) is 2.83. The summed E-state index contributed by atoms with van der Waals surface area (Å²) >= 11 is 0. The summed E-state index contributed by atoms with van der Waals surface area (Å²) in [6.45, 7) is 4.25. The number of ether oxygens (including phenoxy) is 2. The van der Waals surface area contributed by atoms with Gasteiger partial charge >= 0.3 is 0 Å². The Hall–Kier alpha value is -2.30. The molecule has 1 saturated heterocycles. The van der Waals surface area contributed by atoms with Crippen LogP contribution in [0.25, 0.3) is 5.31 Å². The largest absolute Gasteiger partial charge is 0.493 e. The molecule has 4 rings (SSSR count). The Morgan fingerprint density at radius 1 is 1.09 bits per heavy atom. The first-order valence-electron chi connectivity index (χ1n) is 11.3. The van der Waals surface area contributed by atoms with E-state index in [9.17, 15) is 4.79 Å². The maximum absolute atomic E-state index is 13.2. The van der Waals surface area contributed by atoms with Crippen molar-refractivity contribution in [3.8, 4) is 11.5 Å². The average molecular weight is 456 g/mol. The lowest BCUT2D eigenvalue weighted by atomic mass is 10.0. The van der Waals surface area contributed by atoms with Gasteiger partial charge in [-0.25, -0.2) is 0 Å². The zero-order chi connectivity index (χ0) is 22.8. The first kappa shape index (κ1) is 22.9. The number of carbonyl (C=O) groups is 1. The molecule has 2 unspecified atom stereocenters. The summed E-state index contributed by atoms with van der Waals surface area (Å²) in [5.74, 6) is 1.53. The fourth-order valence-corrected chi connectivity index (χ4v) is 6.36. The Labute approximate surface area is 193 Å². The summed E-state index contributed by atoms with van der Waals surface area (Å²) in [7, 11) is 8.09. The molecule has 3 aliphatic rings. The van der Waals surface area contributed by atoms with Crippen LogP contribution >= 0.6 is 8.58 Å². The fourth-order valence-electron chi connectivity index (χ4n) is 4.72. The van der Waals surface area contributed by atoms with Crippen LogP contribution in [-0.4, -0.2) is 73.8 Å². The van der Waals surface area contributed by atoms with Gasteiger partial charge in [-0.15, -0.1) is 0 Å². The Morgan fingerprint density at radius 2 is 1.81 bits per heavy atom. The number of carbonyl (C=O) groups excluding carboxylic acids is 1. The van der Waals surface area contributed by atoms with Gasteiger partial charge in [-0.2, -0.15) is 0 Å². The third-order valence-corrected chi connectivity index (χ3v) is 8.38. The molecule has 2 atom stereocenters. The molecule has 0 spiro atoms. The summed E-state index contributed by atoms with van der Waals surface area (Å²) in [4.78, 5) is 19.9. The van der Waals surface area contributed by atoms with Crippen molar-refractivity contribution in [3.63, 3.8) is 0 Å². The van der Waals surface area contributed by atoms with Crippen molar-refractivity contribution in [2.24, 2.45) is 0 Å². The van der Waals surface area contributed by atoms with Crippen LogP contribution in [0.1, 0.15) is 31.7 Å². The highest BCUT2D eigenvalue weighted by Crippen LogP contribution is 2.49. The molecule has 0 aromatic heterocycles. The standard InChI is InChI=1S/C25H34N3O3P/c1-6-17-13-20(27-11-9-19(10-12-27)26(2)3)16-28-24(29)15-23(32-25(17)28)18-7-8-21(30-4)22(14-18)31-5/h7-8,13-16,19,25,32H,6,9-12H2,1-5H3. The number of nitrogens with zero attached hydrogens (tertiary/aromatic N) is 3. The van der Waals surface area contributed by atoms with Crippen LogP contribution in [0.5, 0.6) is 11.5 Å². The van der Waals surface area contributed by atoms with Crippen LogP contribution in [0.15, 0.2) is 47.8 Å². The van der Waals surface area contributed by atoms with Crippen LogP contribution in [-0.2, 0) is 4.79 Å². The topological polar surface area (TPSA) is 45.2 Å². The molecule has 1 amide bonds. The van der Waals surface area contributed by atoms with Crippen molar-refractivity contribution in [1.29, 1.82) is 0 Å². The number of allylic oxidation sites excluding steroid dienone is 1. The molecule has 1 aromatic rings. The van der Waals surface area contributed by atoms with E-state index in [0.29, 0.717) is 26.1 Å². The van der Waals surface area contributed by atoms with Crippen LogP contribution < -0.4 is 9.47 Å². The molecule has 0 saturated carbocycles. The van der Waals surface area contributed by atoms with Gasteiger partial charge in [0.2, 0.25) is 0 Å². The van der Waals surface area contributed by atoms with Crippen LogP contribution in [0, 0.1) is 0 Å². The molecule has 1 fully saturated rings. The molecular formula is C25H34N3O3P. The molecule has 6 nitrogen and oxygen atoms in total. The van der Waals surface area contributed by atoms with Gasteiger partial charge in [0, 0.05) is 31.4 Å². The number of rotatable bonds is 6. The van der Waals surface area contributed by atoms with Gasteiger partial charge in [0.15, 0.2) is 11.5 Å². The molecule has 7 heteroatoms. The van der Waals surface area contributed by atoms with Gasteiger partial charge < -0.3 is 24.2 Å². The predicted octanol–water partition coefficient (Wildman–Crippen LogP) is 4.11. The van der Waals surface area contributed by atoms with Gasteiger partial charge in [0.1, 0.15) is 0 Å². The van der Waals surface area contributed by atoms with Crippen LogP contribution in [0.4, 0.5) is 0 Å². The molecule has 0 radical (unpaired) electrons. The number of fused-ring (bicyclic) bond motifs is 1. The van der Waals surface area contributed by atoms with E-state index in [4.69, 9.17) is 9.47 Å². The number of hydrogen-bond acceptors (Lipinski definition) is 5. The van der Waals surface area contributed by atoms with E-state index in [0.717, 1.165) is 43.2 Å². The Kier molecular flexibility index (Phi) is 6.92. The SMILES string of the molecule is CCC1=CC(N2CCC(N(C)C)CC2)=CN2C(=O)C=C(c3ccc(OC)c(OC)c3)PC12. The Balaban J connectivity index is 1.58. The van der Waals surface area contributed by atoms with E-state index in [1.165, 1.54) is 11.3 Å². The number of amides is 1. The van der Waals surface area contributed by atoms with Crippen molar-refractivity contribution >= 4 is 19.8 Å². The predicted molar refractivity (Wildman–Crippen MR) is 131 cm³/mol. The molecule has 32 heavy (non-hydrogen) atoms. The monoisotopic (exact) mass is 455 g/mol. The summed E-state index contributed by atoms with van der Waals surface area (Å²) in [6.07, 6.45) is 9.45. The van der Waals surface area contributed by atoms with Crippen LogP contribution in [0.2, 0.25) is 0 Å². The number of benzene rings is 1. The number of methoxy groups -OCH3 is 2. The number of hydrogen-bond donors (Lipinski definition) is 0. The lowest BCUT2D eigenvalue weighted by Crippen LogP contribution is -2.44. The maximum atomic E-state index is 13.2. The summed E-state index contributed by atoms with van der Waals surface area (Å²) in [5.41, 5.74) is 3.52. The normalized spacial score (nSPS) is 22.5. The molecule has 0 N–H and O–H groups in total. The fraction of sp³-hybridized carbons (Fsp3) is 0.480. The second-order valence-corrected chi connectivity index (χ2v) is 10.1. The molecule has 1 aromatic carbocycles. The zero-order valence-corrected chi connectivity index (χ0v) is 20.7. The van der Waals surface area contributed by atoms with Crippen molar-refractivity contribution in [3.05, 3.63) is 53.4 Å². The minimum absolute atomic E-state index is 0.0539. The Morgan fingerprint density at radius 3 is 2.44 bits per heavy atom. The highest BCUT2D eigenvalue weighted by atomic mass is 31.1. The third kappa shape index (κ3) is 4.44. The molecule has 3 heterocycles. The van der Waals surface area contributed by atoms with E-state index >= 15 is 0 Å². The molecule has 0 aliphatic carbocycles. The van der Waals surface area contributed by atoms with Gasteiger partial charge in [-0.3, -0.25) is 4.79 Å². The first-order chi connectivity index (χ1) is 15.4. The minimum atomic E-state index is 0.0539. The van der Waals surface area contributed by atoms with Gasteiger partial charge in [-0.1, -0.05) is 21.6 Å². The Bertz CT molecular complexity index is 961. The lowest BCUT2D eigenvalue weighted by molar-refractivity contribution is -0.124.